The third-order valence-corrected chi connectivity index (χ3v) is 6.61. The molecule has 1 unspecified atom stereocenters. The standard InChI is InChI=1S/C31H31FN4O4/c1-2-39-24-13-8-12-23(18-24)36-20-28(22-10-4-3-5-11-22)33-31(36)34-29(37)21-35(19-25-14-9-17-40-25)30(38)26-15-6-7-16-27(26)32/h3-8,10-13,15-16,18,20,25H,2,9,14,17,19,21H2,1H3,(H,33,34,37). The first-order valence-electron chi connectivity index (χ1n) is 13.3. The van der Waals surface area contributed by atoms with E-state index in [0.29, 0.717) is 24.7 Å². The van der Waals surface area contributed by atoms with Crippen LogP contribution in [0.5, 0.6) is 5.75 Å². The molecule has 0 saturated carbocycles. The molecule has 40 heavy (non-hydrogen) atoms. The van der Waals surface area contributed by atoms with Crippen molar-refractivity contribution in [3.63, 3.8) is 0 Å². The van der Waals surface area contributed by atoms with Crippen molar-refractivity contribution < 1.29 is 23.5 Å². The van der Waals surface area contributed by atoms with E-state index in [9.17, 15) is 14.0 Å². The predicted molar refractivity (Wildman–Crippen MR) is 150 cm³/mol. The first-order valence-corrected chi connectivity index (χ1v) is 13.3. The summed E-state index contributed by atoms with van der Waals surface area (Å²) >= 11 is 0. The van der Waals surface area contributed by atoms with E-state index in [1.807, 2.05) is 67.7 Å². The van der Waals surface area contributed by atoms with Crippen molar-refractivity contribution in [2.75, 3.05) is 31.6 Å². The van der Waals surface area contributed by atoms with Gasteiger partial charge < -0.3 is 14.4 Å². The first kappa shape index (κ1) is 27.1. The fourth-order valence-corrected chi connectivity index (χ4v) is 4.70. The number of rotatable bonds is 10. The predicted octanol–water partition coefficient (Wildman–Crippen LogP) is 5.34. The van der Waals surface area contributed by atoms with Crippen LogP contribution in [0.2, 0.25) is 0 Å². The molecule has 1 aliphatic rings. The van der Waals surface area contributed by atoms with Crippen LogP contribution in [0, 0.1) is 5.82 Å². The molecule has 0 bridgehead atoms. The van der Waals surface area contributed by atoms with Crippen LogP contribution in [0.3, 0.4) is 0 Å². The average Bonchev–Trinajstić information content (AvgIpc) is 3.64. The van der Waals surface area contributed by atoms with E-state index < -0.39 is 17.6 Å². The van der Waals surface area contributed by atoms with E-state index in [1.54, 1.807) is 10.6 Å². The molecule has 0 spiro atoms. The Morgan fingerprint density at radius 1 is 1.10 bits per heavy atom. The number of nitrogens with one attached hydrogen (secondary N) is 1. The minimum atomic E-state index is -0.637. The van der Waals surface area contributed by atoms with Gasteiger partial charge in [0.05, 0.1) is 29.7 Å². The molecule has 4 aromatic rings. The Morgan fingerprint density at radius 2 is 1.90 bits per heavy atom. The van der Waals surface area contributed by atoms with Gasteiger partial charge in [-0.1, -0.05) is 48.5 Å². The second kappa shape index (κ2) is 12.6. The van der Waals surface area contributed by atoms with Gasteiger partial charge in [-0.15, -0.1) is 0 Å². The van der Waals surface area contributed by atoms with Crippen molar-refractivity contribution in [3.05, 3.63) is 96.4 Å². The Balaban J connectivity index is 1.43. The number of imidazole rings is 1. The number of amides is 2. The lowest BCUT2D eigenvalue weighted by atomic mass is 10.1. The maximum atomic E-state index is 14.5. The molecule has 1 aliphatic heterocycles. The van der Waals surface area contributed by atoms with Crippen LogP contribution in [0.15, 0.2) is 85.1 Å². The Labute approximate surface area is 232 Å². The molecule has 1 fully saturated rings. The van der Waals surface area contributed by atoms with Crippen LogP contribution < -0.4 is 10.1 Å². The van der Waals surface area contributed by atoms with E-state index in [2.05, 4.69) is 5.32 Å². The fourth-order valence-electron chi connectivity index (χ4n) is 4.70. The lowest BCUT2D eigenvalue weighted by Gasteiger charge is -2.25. The van der Waals surface area contributed by atoms with Crippen LogP contribution >= 0.6 is 0 Å². The summed E-state index contributed by atoms with van der Waals surface area (Å²) in [6, 6.07) is 22.9. The van der Waals surface area contributed by atoms with Gasteiger partial charge in [-0.25, -0.2) is 9.37 Å². The lowest BCUT2D eigenvalue weighted by Crippen LogP contribution is -2.42. The van der Waals surface area contributed by atoms with E-state index in [0.717, 1.165) is 24.1 Å². The molecule has 1 aromatic heterocycles. The lowest BCUT2D eigenvalue weighted by molar-refractivity contribution is -0.117. The van der Waals surface area contributed by atoms with Gasteiger partial charge in [0.1, 0.15) is 18.1 Å². The number of hydrogen-bond acceptors (Lipinski definition) is 5. The van der Waals surface area contributed by atoms with Crippen LogP contribution in [-0.4, -0.2) is 58.7 Å². The Morgan fingerprint density at radius 3 is 2.65 bits per heavy atom. The Kier molecular flexibility index (Phi) is 8.51. The first-order chi connectivity index (χ1) is 19.5. The number of hydrogen-bond donors (Lipinski definition) is 1. The highest BCUT2D eigenvalue weighted by Crippen LogP contribution is 2.26. The summed E-state index contributed by atoms with van der Waals surface area (Å²) in [5, 5.41) is 2.87. The van der Waals surface area contributed by atoms with Gasteiger partial charge in [0, 0.05) is 31.0 Å². The second-order valence-corrected chi connectivity index (χ2v) is 9.46. The van der Waals surface area contributed by atoms with Crippen molar-refractivity contribution >= 4 is 17.8 Å². The highest BCUT2D eigenvalue weighted by atomic mass is 19.1. The minimum absolute atomic E-state index is 0.0890. The zero-order valence-electron chi connectivity index (χ0n) is 22.3. The van der Waals surface area contributed by atoms with Gasteiger partial charge in [-0.3, -0.25) is 19.5 Å². The Bertz CT molecular complexity index is 1470. The number of carbonyl (C=O) groups is 2. The molecule has 9 heteroatoms. The molecule has 1 atom stereocenters. The van der Waals surface area contributed by atoms with E-state index in [1.165, 1.54) is 23.1 Å². The van der Waals surface area contributed by atoms with Gasteiger partial charge in [0.2, 0.25) is 11.9 Å². The van der Waals surface area contributed by atoms with Gasteiger partial charge in [-0.2, -0.15) is 0 Å². The normalized spacial score (nSPS) is 14.6. The number of benzene rings is 3. The molecule has 0 radical (unpaired) electrons. The summed E-state index contributed by atoms with van der Waals surface area (Å²) in [5.74, 6) is -0.697. The van der Waals surface area contributed by atoms with Crippen LogP contribution in [-0.2, 0) is 9.53 Å². The van der Waals surface area contributed by atoms with Crippen molar-refractivity contribution in [1.82, 2.24) is 14.5 Å². The largest absolute Gasteiger partial charge is 0.494 e. The Hall–Kier alpha value is -4.50. The van der Waals surface area contributed by atoms with Crippen molar-refractivity contribution in [1.29, 1.82) is 0 Å². The van der Waals surface area contributed by atoms with E-state index in [4.69, 9.17) is 14.5 Å². The van der Waals surface area contributed by atoms with Crippen molar-refractivity contribution in [3.8, 4) is 22.7 Å². The number of nitrogens with zero attached hydrogens (tertiary/aromatic N) is 3. The smallest absolute Gasteiger partial charge is 0.257 e. The fraction of sp³-hybridized carbons (Fsp3) is 0.258. The molecule has 8 nitrogen and oxygen atoms in total. The molecule has 3 aromatic carbocycles. The number of ether oxygens (including phenoxy) is 2. The summed E-state index contributed by atoms with van der Waals surface area (Å²) in [6.07, 6.45) is 3.27. The van der Waals surface area contributed by atoms with E-state index >= 15 is 0 Å². The van der Waals surface area contributed by atoms with Crippen LogP contribution in [0.1, 0.15) is 30.1 Å². The third-order valence-electron chi connectivity index (χ3n) is 6.61. The van der Waals surface area contributed by atoms with E-state index in [-0.39, 0.29) is 30.7 Å². The summed E-state index contributed by atoms with van der Waals surface area (Å²) in [7, 11) is 0. The number of carbonyl (C=O) groups excluding carboxylic acids is 2. The topological polar surface area (TPSA) is 85.7 Å². The zero-order chi connectivity index (χ0) is 27.9. The minimum Gasteiger partial charge on any atom is -0.494 e. The average molecular weight is 543 g/mol. The summed E-state index contributed by atoms with van der Waals surface area (Å²) in [5.41, 5.74) is 2.20. The molecule has 2 heterocycles. The molecular formula is C31H31FN4O4. The summed E-state index contributed by atoms with van der Waals surface area (Å²) in [6.45, 7) is 2.91. The van der Waals surface area contributed by atoms with Crippen molar-refractivity contribution in [2.45, 2.75) is 25.9 Å². The molecule has 5 rings (SSSR count). The number of aromatic nitrogens is 2. The molecule has 1 saturated heterocycles. The summed E-state index contributed by atoms with van der Waals surface area (Å²) in [4.78, 5) is 32.8. The third kappa shape index (κ3) is 6.38. The maximum absolute atomic E-state index is 14.5. The van der Waals surface area contributed by atoms with Crippen LogP contribution in [0.25, 0.3) is 16.9 Å². The molecule has 206 valence electrons. The molecule has 0 aliphatic carbocycles. The van der Waals surface area contributed by atoms with Crippen LogP contribution in [0.4, 0.5) is 10.3 Å². The number of halogens is 1. The van der Waals surface area contributed by atoms with Gasteiger partial charge in [0.15, 0.2) is 0 Å². The zero-order valence-corrected chi connectivity index (χ0v) is 22.3. The monoisotopic (exact) mass is 542 g/mol. The van der Waals surface area contributed by atoms with Gasteiger partial charge in [-0.05, 0) is 44.0 Å². The SMILES string of the molecule is CCOc1cccc(-n2cc(-c3ccccc3)nc2NC(=O)CN(CC2CCCO2)C(=O)c2ccccc2F)c1. The maximum Gasteiger partial charge on any atom is 0.257 e. The molecule has 1 N–H and O–H groups in total. The summed E-state index contributed by atoms with van der Waals surface area (Å²) < 4.78 is 27.6. The quantitative estimate of drug-likeness (QED) is 0.293. The second-order valence-electron chi connectivity index (χ2n) is 9.46. The van der Waals surface area contributed by atoms with Gasteiger partial charge in [0.25, 0.3) is 5.91 Å². The van der Waals surface area contributed by atoms with Gasteiger partial charge >= 0.3 is 0 Å². The molecule has 2 amide bonds. The highest BCUT2D eigenvalue weighted by molar-refractivity contribution is 5.99. The highest BCUT2D eigenvalue weighted by Gasteiger charge is 2.27. The van der Waals surface area contributed by atoms with Crippen molar-refractivity contribution in [2.24, 2.45) is 0 Å². The number of anilines is 1. The molecular weight excluding hydrogens is 511 g/mol.